The Bertz CT molecular complexity index is 785. The third-order valence-corrected chi connectivity index (χ3v) is 4.95. The van der Waals surface area contributed by atoms with E-state index in [1.165, 1.54) is 11.3 Å². The lowest BCUT2D eigenvalue weighted by atomic mass is 10.1. The zero-order valence-electron chi connectivity index (χ0n) is 11.3. The zero-order valence-corrected chi connectivity index (χ0v) is 12.9. The van der Waals surface area contributed by atoms with E-state index in [4.69, 9.17) is 11.6 Å². The Labute approximate surface area is 131 Å². The van der Waals surface area contributed by atoms with Crippen LogP contribution in [0.1, 0.15) is 28.2 Å². The minimum Gasteiger partial charge on any atom is -0.345 e. The van der Waals surface area contributed by atoms with Crippen LogP contribution in [0.5, 0.6) is 0 Å². The molecule has 0 radical (unpaired) electrons. The van der Waals surface area contributed by atoms with Crippen molar-refractivity contribution in [3.8, 4) is 0 Å². The maximum Gasteiger partial charge on any atom is 0.263 e. The first-order valence-corrected chi connectivity index (χ1v) is 7.74. The van der Waals surface area contributed by atoms with Gasteiger partial charge in [0, 0.05) is 22.5 Å². The summed E-state index contributed by atoms with van der Waals surface area (Å²) in [6.07, 6.45) is 3.46. The fraction of sp³-hybridized carbons (Fsp3) is 0.125. The number of carbonyl (C=O) groups is 1. The summed E-state index contributed by atoms with van der Waals surface area (Å²) in [7, 11) is 0. The first-order valence-electron chi connectivity index (χ1n) is 6.54. The van der Waals surface area contributed by atoms with Crippen LogP contribution in [0.15, 0.2) is 48.8 Å². The van der Waals surface area contributed by atoms with Crippen molar-refractivity contribution in [2.24, 2.45) is 0 Å². The van der Waals surface area contributed by atoms with Crippen molar-refractivity contribution in [1.29, 1.82) is 0 Å². The van der Waals surface area contributed by atoms with E-state index in [0.717, 1.165) is 15.6 Å². The average Bonchev–Trinajstić information content (AvgIpc) is 2.86. The monoisotopic (exact) mass is 316 g/mol. The molecule has 0 aliphatic rings. The van der Waals surface area contributed by atoms with E-state index in [1.807, 2.05) is 43.3 Å². The van der Waals surface area contributed by atoms with Crippen molar-refractivity contribution in [2.75, 3.05) is 0 Å². The summed E-state index contributed by atoms with van der Waals surface area (Å²) >= 11 is 7.73. The Morgan fingerprint density at radius 2 is 2.10 bits per heavy atom. The van der Waals surface area contributed by atoms with E-state index in [1.54, 1.807) is 12.4 Å². The van der Waals surface area contributed by atoms with Gasteiger partial charge in [0.1, 0.15) is 4.88 Å². The van der Waals surface area contributed by atoms with Gasteiger partial charge in [-0.1, -0.05) is 35.9 Å². The molecule has 0 bridgehead atoms. The highest BCUT2D eigenvalue weighted by Crippen LogP contribution is 2.35. The summed E-state index contributed by atoms with van der Waals surface area (Å²) in [4.78, 5) is 17.0. The molecule has 0 spiro atoms. The van der Waals surface area contributed by atoms with Crippen molar-refractivity contribution in [1.82, 2.24) is 10.3 Å². The van der Waals surface area contributed by atoms with E-state index in [0.29, 0.717) is 9.90 Å². The number of hydrogen-bond donors (Lipinski definition) is 1. The van der Waals surface area contributed by atoms with Crippen LogP contribution in [0.4, 0.5) is 0 Å². The second-order valence-electron chi connectivity index (χ2n) is 4.72. The first kappa shape index (κ1) is 14.0. The molecule has 1 N–H and O–H groups in total. The molecule has 3 nitrogen and oxygen atoms in total. The number of aromatic nitrogens is 1. The molecule has 106 valence electrons. The van der Waals surface area contributed by atoms with Gasteiger partial charge in [0.25, 0.3) is 5.91 Å². The molecule has 2 heterocycles. The molecule has 1 amide bonds. The summed E-state index contributed by atoms with van der Waals surface area (Å²) in [5.74, 6) is -0.155. The predicted octanol–water partition coefficient (Wildman–Crippen LogP) is 4.44. The molecule has 3 rings (SSSR count). The molecule has 21 heavy (non-hydrogen) atoms. The molecular weight excluding hydrogens is 304 g/mol. The molecule has 0 aliphatic carbocycles. The Hall–Kier alpha value is -1.91. The molecule has 1 aromatic carbocycles. The van der Waals surface area contributed by atoms with Crippen LogP contribution in [0, 0.1) is 0 Å². The second kappa shape index (κ2) is 5.84. The Kier molecular flexibility index (Phi) is 3.90. The quantitative estimate of drug-likeness (QED) is 0.776. The van der Waals surface area contributed by atoms with E-state index in [9.17, 15) is 4.79 Å². The molecule has 0 saturated heterocycles. The van der Waals surface area contributed by atoms with Crippen LogP contribution in [-0.2, 0) is 0 Å². The topological polar surface area (TPSA) is 42.0 Å². The maximum atomic E-state index is 12.4. The largest absolute Gasteiger partial charge is 0.345 e. The van der Waals surface area contributed by atoms with Gasteiger partial charge in [0.15, 0.2) is 0 Å². The van der Waals surface area contributed by atoms with Gasteiger partial charge >= 0.3 is 0 Å². The summed E-state index contributed by atoms with van der Waals surface area (Å²) in [6.45, 7) is 1.93. The zero-order chi connectivity index (χ0) is 14.8. The van der Waals surface area contributed by atoms with Crippen LogP contribution >= 0.6 is 22.9 Å². The Morgan fingerprint density at radius 3 is 2.81 bits per heavy atom. The SMILES string of the molecule is CC(NC(=O)c1sc2ccccc2c1Cl)c1cccnc1. The van der Waals surface area contributed by atoms with Crippen LogP contribution < -0.4 is 5.32 Å². The van der Waals surface area contributed by atoms with Crippen LogP contribution in [0.2, 0.25) is 5.02 Å². The minimum atomic E-state index is -0.155. The average molecular weight is 317 g/mol. The highest BCUT2D eigenvalue weighted by molar-refractivity contribution is 7.21. The number of carbonyl (C=O) groups excluding carboxylic acids is 1. The summed E-state index contributed by atoms with van der Waals surface area (Å²) in [5, 5.41) is 4.40. The van der Waals surface area contributed by atoms with E-state index >= 15 is 0 Å². The fourth-order valence-electron chi connectivity index (χ4n) is 2.14. The number of benzene rings is 1. The van der Waals surface area contributed by atoms with E-state index in [-0.39, 0.29) is 11.9 Å². The van der Waals surface area contributed by atoms with Crippen molar-refractivity contribution in [3.63, 3.8) is 0 Å². The normalized spacial score (nSPS) is 12.3. The highest BCUT2D eigenvalue weighted by atomic mass is 35.5. The van der Waals surface area contributed by atoms with Gasteiger partial charge in [-0.3, -0.25) is 9.78 Å². The van der Waals surface area contributed by atoms with E-state index < -0.39 is 0 Å². The maximum absolute atomic E-state index is 12.4. The van der Waals surface area contributed by atoms with Crippen LogP contribution in [0.3, 0.4) is 0 Å². The molecule has 0 saturated carbocycles. The molecule has 2 aromatic heterocycles. The third kappa shape index (κ3) is 2.77. The lowest BCUT2D eigenvalue weighted by Gasteiger charge is -2.13. The predicted molar refractivity (Wildman–Crippen MR) is 87.0 cm³/mol. The number of nitrogens with zero attached hydrogens (tertiary/aromatic N) is 1. The number of pyridine rings is 1. The number of nitrogens with one attached hydrogen (secondary N) is 1. The number of fused-ring (bicyclic) bond motifs is 1. The Balaban J connectivity index is 1.86. The van der Waals surface area contributed by atoms with Gasteiger partial charge in [0.05, 0.1) is 11.1 Å². The third-order valence-electron chi connectivity index (χ3n) is 3.27. The van der Waals surface area contributed by atoms with E-state index in [2.05, 4.69) is 10.3 Å². The highest BCUT2D eigenvalue weighted by Gasteiger charge is 2.18. The fourth-order valence-corrected chi connectivity index (χ4v) is 3.56. The van der Waals surface area contributed by atoms with Crippen molar-refractivity contribution < 1.29 is 4.79 Å². The lowest BCUT2D eigenvalue weighted by Crippen LogP contribution is -2.26. The van der Waals surface area contributed by atoms with Gasteiger partial charge in [0.2, 0.25) is 0 Å². The molecule has 1 atom stereocenters. The minimum absolute atomic E-state index is 0.118. The summed E-state index contributed by atoms with van der Waals surface area (Å²) in [6, 6.07) is 11.4. The van der Waals surface area contributed by atoms with Gasteiger partial charge in [-0.05, 0) is 24.6 Å². The molecular formula is C16H13ClN2OS. The number of amides is 1. The standard InChI is InChI=1S/C16H13ClN2OS/c1-10(11-5-4-8-18-9-11)19-16(20)15-14(17)12-6-2-3-7-13(12)21-15/h2-10H,1H3,(H,19,20). The molecule has 1 unspecified atom stereocenters. The molecule has 5 heteroatoms. The number of hydrogen-bond acceptors (Lipinski definition) is 3. The molecule has 0 fully saturated rings. The summed E-state index contributed by atoms with van der Waals surface area (Å²) in [5.41, 5.74) is 0.961. The molecule has 0 aliphatic heterocycles. The Morgan fingerprint density at radius 1 is 1.29 bits per heavy atom. The van der Waals surface area contributed by atoms with Gasteiger partial charge in [-0.2, -0.15) is 0 Å². The lowest BCUT2D eigenvalue weighted by molar-refractivity contribution is 0.0944. The van der Waals surface area contributed by atoms with Gasteiger partial charge < -0.3 is 5.32 Å². The van der Waals surface area contributed by atoms with Gasteiger partial charge in [-0.15, -0.1) is 11.3 Å². The smallest absolute Gasteiger partial charge is 0.263 e. The van der Waals surface area contributed by atoms with Crippen molar-refractivity contribution in [3.05, 3.63) is 64.3 Å². The van der Waals surface area contributed by atoms with Crippen LogP contribution in [-0.4, -0.2) is 10.9 Å². The number of halogens is 1. The van der Waals surface area contributed by atoms with Crippen LogP contribution in [0.25, 0.3) is 10.1 Å². The molecule has 3 aromatic rings. The first-order chi connectivity index (χ1) is 10.2. The number of rotatable bonds is 3. The van der Waals surface area contributed by atoms with Crippen molar-refractivity contribution >= 4 is 38.9 Å². The summed E-state index contributed by atoms with van der Waals surface area (Å²) < 4.78 is 1.02. The second-order valence-corrected chi connectivity index (χ2v) is 6.15. The van der Waals surface area contributed by atoms with Gasteiger partial charge in [-0.25, -0.2) is 0 Å². The van der Waals surface area contributed by atoms with Crippen molar-refractivity contribution in [2.45, 2.75) is 13.0 Å². The number of thiophene rings is 1.